The number of benzene rings is 1. The highest BCUT2D eigenvalue weighted by Gasteiger charge is 2.09. The fraction of sp³-hybridized carbons (Fsp3) is 0.300. The highest BCUT2D eigenvalue weighted by Crippen LogP contribution is 2.18. The molecule has 1 aromatic carbocycles. The smallest absolute Gasteiger partial charge is 0.191 e. The number of aliphatic hydroxyl groups excluding tert-OH is 1. The van der Waals surface area contributed by atoms with Gasteiger partial charge in [-0.15, -0.1) is 11.6 Å². The maximum absolute atomic E-state index is 11.2. The van der Waals surface area contributed by atoms with Gasteiger partial charge in [0.1, 0.15) is 19.0 Å². The molecule has 0 aliphatic carbocycles. The third-order valence-corrected chi connectivity index (χ3v) is 1.82. The number of carbonyl (C=O) groups is 1. The summed E-state index contributed by atoms with van der Waals surface area (Å²) in [5.74, 6) is 0.476. The van der Waals surface area contributed by atoms with Gasteiger partial charge in [-0.1, -0.05) is 12.1 Å². The van der Waals surface area contributed by atoms with Gasteiger partial charge in [0.15, 0.2) is 5.78 Å². The number of Topliss-reactive ketones (excluding diaryl/α,β-unsaturated/α-hetero) is 1. The molecule has 0 unspecified atom stereocenters. The van der Waals surface area contributed by atoms with E-state index in [1.54, 1.807) is 24.3 Å². The summed E-state index contributed by atoms with van der Waals surface area (Å²) in [4.78, 5) is 11.2. The van der Waals surface area contributed by atoms with Crippen LogP contribution in [0, 0.1) is 0 Å². The van der Waals surface area contributed by atoms with Crippen LogP contribution in [0.15, 0.2) is 24.3 Å². The Kier molecular flexibility index (Phi) is 4.43. The van der Waals surface area contributed by atoms with Gasteiger partial charge in [0.05, 0.1) is 11.4 Å². The number of ketones is 1. The van der Waals surface area contributed by atoms with E-state index >= 15 is 0 Å². The fourth-order valence-corrected chi connectivity index (χ4v) is 1.13. The monoisotopic (exact) mass is 214 g/mol. The molecule has 0 heterocycles. The second-order valence-corrected chi connectivity index (χ2v) is 2.99. The Morgan fingerprint density at radius 1 is 1.43 bits per heavy atom. The molecule has 14 heavy (non-hydrogen) atoms. The molecule has 0 aliphatic heterocycles. The van der Waals surface area contributed by atoms with Crippen LogP contribution in [0.1, 0.15) is 10.4 Å². The van der Waals surface area contributed by atoms with Gasteiger partial charge in [0.25, 0.3) is 0 Å². The van der Waals surface area contributed by atoms with Gasteiger partial charge >= 0.3 is 0 Å². The molecular formula is C10H11ClO3. The number of hydrogen-bond acceptors (Lipinski definition) is 3. The lowest BCUT2D eigenvalue weighted by atomic mass is 10.1. The van der Waals surface area contributed by atoms with Gasteiger partial charge in [0, 0.05) is 0 Å². The lowest BCUT2D eigenvalue weighted by molar-refractivity contribution is 0.0900. The third-order valence-electron chi connectivity index (χ3n) is 1.67. The predicted molar refractivity (Wildman–Crippen MR) is 54.1 cm³/mol. The highest BCUT2D eigenvalue weighted by atomic mass is 35.5. The summed E-state index contributed by atoms with van der Waals surface area (Å²) < 4.78 is 5.25. The fourth-order valence-electron chi connectivity index (χ4n) is 1.06. The molecule has 3 nitrogen and oxygen atoms in total. The second kappa shape index (κ2) is 5.62. The summed E-state index contributed by atoms with van der Waals surface area (Å²) in [5, 5.41) is 8.71. The minimum Gasteiger partial charge on any atom is -0.492 e. The van der Waals surface area contributed by atoms with Crippen molar-refractivity contribution in [3.8, 4) is 5.75 Å². The number of halogens is 1. The SMILES string of the molecule is O=C(CO)c1ccccc1OCCCl. The number of ether oxygens (including phenoxy) is 1. The van der Waals surface area contributed by atoms with Crippen molar-refractivity contribution in [1.82, 2.24) is 0 Å². The van der Waals surface area contributed by atoms with Crippen molar-refractivity contribution in [2.75, 3.05) is 19.1 Å². The van der Waals surface area contributed by atoms with E-state index in [2.05, 4.69) is 0 Å². The number of rotatable bonds is 5. The molecule has 4 heteroatoms. The van der Waals surface area contributed by atoms with Crippen LogP contribution in [0.5, 0.6) is 5.75 Å². The van der Waals surface area contributed by atoms with Gasteiger partial charge in [-0.25, -0.2) is 0 Å². The Labute approximate surface area is 87.3 Å². The largest absolute Gasteiger partial charge is 0.492 e. The van der Waals surface area contributed by atoms with Gasteiger partial charge in [0.2, 0.25) is 0 Å². The van der Waals surface area contributed by atoms with E-state index in [0.717, 1.165) is 0 Å². The predicted octanol–water partition coefficient (Wildman–Crippen LogP) is 1.48. The summed E-state index contributed by atoms with van der Waals surface area (Å²) in [7, 11) is 0. The first-order valence-electron chi connectivity index (χ1n) is 4.21. The molecule has 0 aliphatic rings. The van der Waals surface area contributed by atoms with Crippen LogP contribution in [0.25, 0.3) is 0 Å². The van der Waals surface area contributed by atoms with Crippen molar-refractivity contribution in [3.05, 3.63) is 29.8 Å². The molecule has 1 N–H and O–H groups in total. The maximum atomic E-state index is 11.2. The van der Waals surface area contributed by atoms with Crippen LogP contribution >= 0.6 is 11.6 Å². The number of carbonyl (C=O) groups excluding carboxylic acids is 1. The molecule has 0 atom stereocenters. The van der Waals surface area contributed by atoms with E-state index in [1.807, 2.05) is 0 Å². The zero-order valence-electron chi connectivity index (χ0n) is 7.57. The standard InChI is InChI=1S/C10H11ClO3/c11-5-6-14-10-4-2-1-3-8(10)9(13)7-12/h1-4,12H,5-7H2. The molecule has 0 radical (unpaired) electrons. The number of para-hydroxylation sites is 1. The van der Waals surface area contributed by atoms with Crippen LogP contribution in [-0.4, -0.2) is 30.0 Å². The van der Waals surface area contributed by atoms with Crippen LogP contribution in [0.3, 0.4) is 0 Å². The molecular weight excluding hydrogens is 204 g/mol. The van der Waals surface area contributed by atoms with E-state index < -0.39 is 6.61 Å². The Morgan fingerprint density at radius 3 is 2.79 bits per heavy atom. The van der Waals surface area contributed by atoms with Crippen molar-refractivity contribution < 1.29 is 14.6 Å². The van der Waals surface area contributed by atoms with E-state index in [1.165, 1.54) is 0 Å². The Hall–Kier alpha value is -1.06. The molecule has 76 valence electrons. The minimum atomic E-state index is -0.513. The van der Waals surface area contributed by atoms with E-state index in [0.29, 0.717) is 23.8 Å². The van der Waals surface area contributed by atoms with Crippen molar-refractivity contribution in [1.29, 1.82) is 0 Å². The number of aliphatic hydroxyl groups is 1. The van der Waals surface area contributed by atoms with Crippen molar-refractivity contribution >= 4 is 17.4 Å². The van der Waals surface area contributed by atoms with Crippen molar-refractivity contribution in [2.24, 2.45) is 0 Å². The third kappa shape index (κ3) is 2.72. The van der Waals surface area contributed by atoms with Crippen molar-refractivity contribution in [3.63, 3.8) is 0 Å². The van der Waals surface area contributed by atoms with Crippen LogP contribution < -0.4 is 4.74 Å². The van der Waals surface area contributed by atoms with Gasteiger partial charge < -0.3 is 9.84 Å². The number of hydrogen-bond donors (Lipinski definition) is 1. The zero-order chi connectivity index (χ0) is 10.4. The second-order valence-electron chi connectivity index (χ2n) is 2.61. The Bertz CT molecular complexity index is 312. The highest BCUT2D eigenvalue weighted by molar-refractivity contribution is 6.18. The summed E-state index contributed by atoms with van der Waals surface area (Å²) in [5.41, 5.74) is 0.389. The summed E-state index contributed by atoms with van der Waals surface area (Å²) in [6, 6.07) is 6.77. The molecule has 0 saturated carbocycles. The average molecular weight is 215 g/mol. The zero-order valence-corrected chi connectivity index (χ0v) is 8.33. The first kappa shape index (κ1) is 11.0. The normalized spacial score (nSPS) is 9.86. The molecule has 0 amide bonds. The molecule has 1 aromatic rings. The van der Waals surface area contributed by atoms with Crippen LogP contribution in [0.2, 0.25) is 0 Å². The molecule has 1 rings (SSSR count). The van der Waals surface area contributed by atoms with Crippen LogP contribution in [-0.2, 0) is 0 Å². The van der Waals surface area contributed by atoms with E-state index in [9.17, 15) is 4.79 Å². The van der Waals surface area contributed by atoms with Gasteiger partial charge in [-0.2, -0.15) is 0 Å². The Balaban J connectivity index is 2.85. The van der Waals surface area contributed by atoms with Gasteiger partial charge in [-0.3, -0.25) is 4.79 Å². The summed E-state index contributed by atoms with van der Waals surface area (Å²) >= 11 is 5.46. The average Bonchev–Trinajstić information content (AvgIpc) is 2.25. The van der Waals surface area contributed by atoms with Crippen molar-refractivity contribution in [2.45, 2.75) is 0 Å². The quantitative estimate of drug-likeness (QED) is 0.597. The summed E-state index contributed by atoms with van der Waals surface area (Å²) in [6.45, 7) is -0.168. The lowest BCUT2D eigenvalue weighted by Gasteiger charge is -2.07. The molecule has 0 saturated heterocycles. The maximum Gasteiger partial charge on any atom is 0.191 e. The topological polar surface area (TPSA) is 46.5 Å². The minimum absolute atomic E-state index is 0.345. The first-order valence-corrected chi connectivity index (χ1v) is 4.75. The number of alkyl halides is 1. The van der Waals surface area contributed by atoms with E-state index in [-0.39, 0.29) is 5.78 Å². The van der Waals surface area contributed by atoms with Crippen LogP contribution in [0.4, 0.5) is 0 Å². The molecule has 0 spiro atoms. The Morgan fingerprint density at radius 2 is 2.14 bits per heavy atom. The van der Waals surface area contributed by atoms with E-state index in [4.69, 9.17) is 21.4 Å². The molecule has 0 fully saturated rings. The molecule has 0 bridgehead atoms. The lowest BCUT2D eigenvalue weighted by Crippen LogP contribution is -2.08. The van der Waals surface area contributed by atoms with Gasteiger partial charge in [-0.05, 0) is 12.1 Å². The first-order chi connectivity index (χ1) is 6.79. The summed E-state index contributed by atoms with van der Waals surface area (Å²) in [6.07, 6.45) is 0. The molecule has 0 aromatic heterocycles.